The fourth-order valence-corrected chi connectivity index (χ4v) is 2.60. The zero-order valence-corrected chi connectivity index (χ0v) is 12.2. The van der Waals surface area contributed by atoms with Crippen LogP contribution in [0.5, 0.6) is 0 Å². The molecular weight excluding hydrogens is 226 g/mol. The Kier molecular flexibility index (Phi) is 3.78. The van der Waals surface area contributed by atoms with Gasteiger partial charge in [-0.05, 0) is 19.9 Å². The number of aryl methyl sites for hydroxylation is 1. The molecule has 0 radical (unpaired) electrons. The van der Waals surface area contributed by atoms with Gasteiger partial charge in [0.25, 0.3) is 0 Å². The highest BCUT2D eigenvalue weighted by Crippen LogP contribution is 2.34. The van der Waals surface area contributed by atoms with Gasteiger partial charge >= 0.3 is 0 Å². The van der Waals surface area contributed by atoms with E-state index in [1.807, 2.05) is 18.8 Å². The van der Waals surface area contributed by atoms with E-state index in [0.29, 0.717) is 6.04 Å². The summed E-state index contributed by atoms with van der Waals surface area (Å²) in [6, 6.07) is 0.553. The summed E-state index contributed by atoms with van der Waals surface area (Å²) in [4.78, 5) is 0. The van der Waals surface area contributed by atoms with Crippen LogP contribution in [-0.4, -0.2) is 29.5 Å². The molecule has 102 valence electrons. The van der Waals surface area contributed by atoms with Crippen molar-refractivity contribution in [3.05, 3.63) is 17.5 Å². The normalized spacial score (nSPS) is 25.4. The highest BCUT2D eigenvalue weighted by Gasteiger charge is 2.30. The third-order valence-corrected chi connectivity index (χ3v) is 3.61. The van der Waals surface area contributed by atoms with Crippen LogP contribution in [0, 0.1) is 0 Å². The average molecular weight is 251 g/mol. The molecule has 0 amide bonds. The smallest absolute Gasteiger partial charge is 0.0873 e. The van der Waals surface area contributed by atoms with Crippen molar-refractivity contribution >= 4 is 0 Å². The van der Waals surface area contributed by atoms with Gasteiger partial charge in [-0.25, -0.2) is 0 Å². The van der Waals surface area contributed by atoms with Gasteiger partial charge in [0.15, 0.2) is 0 Å². The van der Waals surface area contributed by atoms with E-state index in [-0.39, 0.29) is 11.5 Å². The molecule has 0 aliphatic carbocycles. The van der Waals surface area contributed by atoms with E-state index in [1.165, 1.54) is 5.56 Å². The molecule has 0 bridgehead atoms. The van der Waals surface area contributed by atoms with E-state index in [1.54, 1.807) is 0 Å². The molecule has 1 aromatic heterocycles. The molecule has 4 nitrogen and oxygen atoms in total. The number of nitrogens with one attached hydrogen (secondary N) is 1. The van der Waals surface area contributed by atoms with Crippen LogP contribution in [0.3, 0.4) is 0 Å². The molecule has 4 heteroatoms. The minimum Gasteiger partial charge on any atom is -0.373 e. The fraction of sp³-hybridized carbons (Fsp3) is 0.786. The SMILES string of the molecule is CNC1CCOC(c2cn(C)nc2C(C)(C)C)C1. The van der Waals surface area contributed by atoms with Gasteiger partial charge in [-0.1, -0.05) is 20.8 Å². The summed E-state index contributed by atoms with van der Waals surface area (Å²) in [7, 11) is 4.01. The van der Waals surface area contributed by atoms with Crippen LogP contribution in [0.15, 0.2) is 6.20 Å². The maximum atomic E-state index is 5.95. The van der Waals surface area contributed by atoms with Gasteiger partial charge in [0, 0.05) is 36.9 Å². The average Bonchev–Trinajstić information content (AvgIpc) is 2.71. The first-order valence-corrected chi connectivity index (χ1v) is 6.74. The molecule has 1 aliphatic heterocycles. The number of ether oxygens (including phenoxy) is 1. The van der Waals surface area contributed by atoms with Gasteiger partial charge in [0.1, 0.15) is 0 Å². The molecule has 2 atom stereocenters. The topological polar surface area (TPSA) is 39.1 Å². The van der Waals surface area contributed by atoms with Crippen molar-refractivity contribution in [1.29, 1.82) is 0 Å². The van der Waals surface area contributed by atoms with Gasteiger partial charge in [0.2, 0.25) is 0 Å². The Hall–Kier alpha value is -0.870. The summed E-state index contributed by atoms with van der Waals surface area (Å²) in [6.07, 6.45) is 4.42. The molecule has 2 unspecified atom stereocenters. The maximum absolute atomic E-state index is 5.95. The summed E-state index contributed by atoms with van der Waals surface area (Å²) in [5, 5.41) is 7.99. The van der Waals surface area contributed by atoms with Crippen LogP contribution in [0.25, 0.3) is 0 Å². The van der Waals surface area contributed by atoms with Crippen LogP contribution in [-0.2, 0) is 17.2 Å². The standard InChI is InChI=1S/C14H25N3O/c1-14(2,3)13-11(9-17(5)16-13)12-8-10(15-4)6-7-18-12/h9-10,12,15H,6-8H2,1-5H3. The lowest BCUT2D eigenvalue weighted by Gasteiger charge is -2.30. The first kappa shape index (κ1) is 13.6. The first-order chi connectivity index (χ1) is 8.41. The van der Waals surface area contributed by atoms with Crippen molar-refractivity contribution in [3.8, 4) is 0 Å². The molecule has 1 aromatic rings. The van der Waals surface area contributed by atoms with Crippen molar-refractivity contribution in [2.24, 2.45) is 7.05 Å². The van der Waals surface area contributed by atoms with Gasteiger partial charge in [-0.3, -0.25) is 4.68 Å². The Bertz CT molecular complexity index is 406. The number of aromatic nitrogens is 2. The van der Waals surface area contributed by atoms with Crippen LogP contribution >= 0.6 is 0 Å². The Morgan fingerprint density at radius 3 is 2.78 bits per heavy atom. The van der Waals surface area contributed by atoms with Gasteiger partial charge in [0.05, 0.1) is 11.8 Å². The largest absolute Gasteiger partial charge is 0.373 e. The van der Waals surface area contributed by atoms with Gasteiger partial charge in [-0.2, -0.15) is 5.10 Å². The molecule has 1 aliphatic rings. The van der Waals surface area contributed by atoms with E-state index < -0.39 is 0 Å². The van der Waals surface area contributed by atoms with E-state index in [4.69, 9.17) is 4.74 Å². The summed E-state index contributed by atoms with van der Waals surface area (Å²) in [6.45, 7) is 7.44. The minimum absolute atomic E-state index is 0.0620. The molecule has 18 heavy (non-hydrogen) atoms. The maximum Gasteiger partial charge on any atom is 0.0873 e. The number of rotatable bonds is 2. The molecular formula is C14H25N3O. The van der Waals surface area contributed by atoms with E-state index in [9.17, 15) is 0 Å². The van der Waals surface area contributed by atoms with Crippen molar-refractivity contribution in [1.82, 2.24) is 15.1 Å². The number of hydrogen-bond donors (Lipinski definition) is 1. The monoisotopic (exact) mass is 251 g/mol. The van der Waals surface area contributed by atoms with Gasteiger partial charge in [-0.15, -0.1) is 0 Å². The predicted molar refractivity (Wildman–Crippen MR) is 72.7 cm³/mol. The van der Waals surface area contributed by atoms with E-state index >= 15 is 0 Å². The number of nitrogens with zero attached hydrogens (tertiary/aromatic N) is 2. The summed E-state index contributed by atoms with van der Waals surface area (Å²) in [5.74, 6) is 0. The second-order valence-electron chi connectivity index (χ2n) is 6.23. The molecule has 0 aromatic carbocycles. The number of hydrogen-bond acceptors (Lipinski definition) is 3. The lowest BCUT2D eigenvalue weighted by atomic mass is 9.86. The zero-order valence-electron chi connectivity index (χ0n) is 12.2. The van der Waals surface area contributed by atoms with E-state index in [0.717, 1.165) is 25.1 Å². The van der Waals surface area contributed by atoms with Crippen LogP contribution < -0.4 is 5.32 Å². The molecule has 0 spiro atoms. The summed E-state index contributed by atoms with van der Waals surface area (Å²) >= 11 is 0. The van der Waals surface area contributed by atoms with Crippen molar-refractivity contribution < 1.29 is 4.74 Å². The van der Waals surface area contributed by atoms with Crippen LogP contribution in [0.1, 0.15) is 51.0 Å². The predicted octanol–water partition coefficient (Wildman–Crippen LogP) is 2.16. The Morgan fingerprint density at radius 1 is 1.44 bits per heavy atom. The molecule has 0 saturated carbocycles. The molecule has 1 saturated heterocycles. The van der Waals surface area contributed by atoms with E-state index in [2.05, 4.69) is 37.4 Å². The van der Waals surface area contributed by atoms with Crippen molar-refractivity contribution in [3.63, 3.8) is 0 Å². The Balaban J connectivity index is 2.27. The lowest BCUT2D eigenvalue weighted by Crippen LogP contribution is -2.34. The highest BCUT2D eigenvalue weighted by atomic mass is 16.5. The summed E-state index contributed by atoms with van der Waals surface area (Å²) in [5.41, 5.74) is 2.48. The van der Waals surface area contributed by atoms with Gasteiger partial charge < -0.3 is 10.1 Å². The highest BCUT2D eigenvalue weighted by molar-refractivity contribution is 5.27. The fourth-order valence-electron chi connectivity index (χ4n) is 2.60. The third-order valence-electron chi connectivity index (χ3n) is 3.61. The quantitative estimate of drug-likeness (QED) is 0.875. The second kappa shape index (κ2) is 5.02. The second-order valence-corrected chi connectivity index (χ2v) is 6.23. The minimum atomic E-state index is 0.0620. The van der Waals surface area contributed by atoms with Crippen molar-refractivity contribution in [2.45, 2.75) is 51.2 Å². The molecule has 2 rings (SSSR count). The zero-order chi connectivity index (χ0) is 13.3. The Morgan fingerprint density at radius 2 is 2.17 bits per heavy atom. The Labute approximate surface area is 110 Å². The molecule has 1 fully saturated rings. The third kappa shape index (κ3) is 2.75. The molecule has 1 N–H and O–H groups in total. The lowest BCUT2D eigenvalue weighted by molar-refractivity contribution is 0.000590. The summed E-state index contributed by atoms with van der Waals surface area (Å²) < 4.78 is 7.86. The van der Waals surface area contributed by atoms with Crippen LogP contribution in [0.2, 0.25) is 0 Å². The van der Waals surface area contributed by atoms with Crippen molar-refractivity contribution in [2.75, 3.05) is 13.7 Å². The molecule has 2 heterocycles. The van der Waals surface area contributed by atoms with Crippen LogP contribution in [0.4, 0.5) is 0 Å². The first-order valence-electron chi connectivity index (χ1n) is 6.74.